The molecule has 1 amide bonds. The highest BCUT2D eigenvalue weighted by atomic mass is 16.1. The molecular weight excluding hydrogens is 226 g/mol. The third-order valence-electron chi connectivity index (χ3n) is 3.61. The summed E-state index contributed by atoms with van der Waals surface area (Å²) in [5.41, 5.74) is 2.31. The summed E-state index contributed by atoms with van der Waals surface area (Å²) in [7, 11) is 0. The van der Waals surface area contributed by atoms with Gasteiger partial charge in [0.15, 0.2) is 0 Å². The Morgan fingerprint density at radius 3 is 3.11 bits per heavy atom. The maximum absolute atomic E-state index is 12.0. The Hall–Kier alpha value is -1.32. The Labute approximate surface area is 109 Å². The van der Waals surface area contributed by atoms with E-state index >= 15 is 0 Å². The zero-order chi connectivity index (χ0) is 13.0. The first-order chi connectivity index (χ1) is 8.70. The van der Waals surface area contributed by atoms with Crippen LogP contribution >= 0.6 is 0 Å². The number of aromatic amines is 1. The van der Waals surface area contributed by atoms with Crippen molar-refractivity contribution in [2.75, 3.05) is 6.54 Å². The zero-order valence-electron chi connectivity index (χ0n) is 11.4. The SMILES string of the molecule is CCCCCNC(=O)C1CCc2nc(C)[nH]c2C1. The van der Waals surface area contributed by atoms with E-state index in [0.29, 0.717) is 0 Å². The first-order valence-electron chi connectivity index (χ1n) is 7.02. The molecule has 1 unspecified atom stereocenters. The number of unbranched alkanes of at least 4 members (excludes halogenated alkanes) is 2. The predicted molar refractivity (Wildman–Crippen MR) is 71.4 cm³/mol. The van der Waals surface area contributed by atoms with Crippen LogP contribution in [0.4, 0.5) is 0 Å². The van der Waals surface area contributed by atoms with Crippen LogP contribution in [-0.2, 0) is 17.6 Å². The summed E-state index contributed by atoms with van der Waals surface area (Å²) in [6, 6.07) is 0. The van der Waals surface area contributed by atoms with Crippen LogP contribution < -0.4 is 5.32 Å². The molecule has 0 saturated heterocycles. The van der Waals surface area contributed by atoms with Gasteiger partial charge in [-0.05, 0) is 26.2 Å². The van der Waals surface area contributed by atoms with E-state index in [1.165, 1.54) is 12.8 Å². The molecule has 1 atom stereocenters. The summed E-state index contributed by atoms with van der Waals surface area (Å²) in [4.78, 5) is 19.7. The number of rotatable bonds is 5. The maximum atomic E-state index is 12.0. The number of carbonyl (C=O) groups is 1. The highest BCUT2D eigenvalue weighted by molar-refractivity contribution is 5.79. The Morgan fingerprint density at radius 2 is 2.33 bits per heavy atom. The third-order valence-corrected chi connectivity index (χ3v) is 3.61. The quantitative estimate of drug-likeness (QED) is 0.785. The molecule has 2 rings (SSSR count). The molecule has 0 fully saturated rings. The summed E-state index contributed by atoms with van der Waals surface area (Å²) in [5, 5.41) is 3.05. The van der Waals surface area contributed by atoms with Gasteiger partial charge in [0, 0.05) is 24.6 Å². The van der Waals surface area contributed by atoms with Gasteiger partial charge in [-0.2, -0.15) is 0 Å². The first kappa shape index (κ1) is 13.1. The van der Waals surface area contributed by atoms with Gasteiger partial charge in [-0.3, -0.25) is 4.79 Å². The molecule has 1 aliphatic carbocycles. The monoisotopic (exact) mass is 249 g/mol. The molecule has 0 aromatic carbocycles. The van der Waals surface area contributed by atoms with Crippen molar-refractivity contribution in [3.8, 4) is 0 Å². The lowest BCUT2D eigenvalue weighted by Crippen LogP contribution is -2.34. The van der Waals surface area contributed by atoms with Crippen LogP contribution in [0.2, 0.25) is 0 Å². The van der Waals surface area contributed by atoms with Gasteiger partial charge in [0.05, 0.1) is 5.69 Å². The standard InChI is InChI=1S/C14H23N3O/c1-3-4-5-8-15-14(18)11-6-7-12-13(9-11)17-10(2)16-12/h11H,3-9H2,1-2H3,(H,15,18)(H,16,17). The number of fused-ring (bicyclic) bond motifs is 1. The molecule has 4 heteroatoms. The molecule has 1 aromatic heterocycles. The second-order valence-electron chi connectivity index (χ2n) is 5.19. The zero-order valence-corrected chi connectivity index (χ0v) is 11.4. The topological polar surface area (TPSA) is 57.8 Å². The molecule has 0 saturated carbocycles. The van der Waals surface area contributed by atoms with Gasteiger partial charge in [0.2, 0.25) is 5.91 Å². The number of hydrogen-bond acceptors (Lipinski definition) is 2. The van der Waals surface area contributed by atoms with E-state index in [1.54, 1.807) is 0 Å². The Morgan fingerprint density at radius 1 is 1.50 bits per heavy atom. The molecule has 0 radical (unpaired) electrons. The minimum absolute atomic E-state index is 0.124. The third kappa shape index (κ3) is 3.12. The molecule has 1 aliphatic rings. The fraction of sp³-hybridized carbons (Fsp3) is 0.714. The number of aryl methyl sites for hydroxylation is 2. The van der Waals surface area contributed by atoms with Crippen molar-refractivity contribution < 1.29 is 4.79 Å². The Kier molecular flexibility index (Phi) is 4.39. The van der Waals surface area contributed by atoms with Crippen LogP contribution in [0.5, 0.6) is 0 Å². The number of amides is 1. The summed E-state index contributed by atoms with van der Waals surface area (Å²) >= 11 is 0. The molecule has 1 aromatic rings. The van der Waals surface area contributed by atoms with E-state index in [0.717, 1.165) is 49.4 Å². The maximum Gasteiger partial charge on any atom is 0.223 e. The molecular formula is C14H23N3O. The summed E-state index contributed by atoms with van der Waals surface area (Å²) < 4.78 is 0. The van der Waals surface area contributed by atoms with E-state index < -0.39 is 0 Å². The predicted octanol–water partition coefficient (Wildman–Crippen LogP) is 2.13. The average Bonchev–Trinajstić information content (AvgIpc) is 2.73. The van der Waals surface area contributed by atoms with Crippen molar-refractivity contribution in [2.45, 2.75) is 52.4 Å². The van der Waals surface area contributed by atoms with E-state index in [-0.39, 0.29) is 11.8 Å². The van der Waals surface area contributed by atoms with Crippen molar-refractivity contribution in [1.29, 1.82) is 0 Å². The van der Waals surface area contributed by atoms with E-state index in [1.807, 2.05) is 6.92 Å². The average molecular weight is 249 g/mol. The number of carbonyl (C=O) groups excluding carboxylic acids is 1. The van der Waals surface area contributed by atoms with E-state index in [9.17, 15) is 4.79 Å². The van der Waals surface area contributed by atoms with Gasteiger partial charge in [-0.25, -0.2) is 4.98 Å². The fourth-order valence-electron chi connectivity index (χ4n) is 2.58. The summed E-state index contributed by atoms with van der Waals surface area (Å²) in [5.74, 6) is 1.30. The number of nitrogens with one attached hydrogen (secondary N) is 2. The number of H-pyrrole nitrogens is 1. The van der Waals surface area contributed by atoms with E-state index in [2.05, 4.69) is 22.2 Å². The van der Waals surface area contributed by atoms with Gasteiger partial charge in [-0.15, -0.1) is 0 Å². The van der Waals surface area contributed by atoms with Gasteiger partial charge >= 0.3 is 0 Å². The highest BCUT2D eigenvalue weighted by Gasteiger charge is 2.26. The highest BCUT2D eigenvalue weighted by Crippen LogP contribution is 2.23. The molecule has 100 valence electrons. The molecule has 2 N–H and O–H groups in total. The first-order valence-corrected chi connectivity index (χ1v) is 7.02. The number of hydrogen-bond donors (Lipinski definition) is 2. The molecule has 1 heterocycles. The van der Waals surface area contributed by atoms with Crippen LogP contribution in [-0.4, -0.2) is 22.4 Å². The fourth-order valence-corrected chi connectivity index (χ4v) is 2.58. The van der Waals surface area contributed by atoms with Gasteiger partial charge in [0.25, 0.3) is 0 Å². The van der Waals surface area contributed by atoms with Crippen molar-refractivity contribution in [3.63, 3.8) is 0 Å². The number of nitrogens with zero attached hydrogens (tertiary/aromatic N) is 1. The Bertz CT molecular complexity index is 411. The van der Waals surface area contributed by atoms with Crippen molar-refractivity contribution in [1.82, 2.24) is 15.3 Å². The summed E-state index contributed by atoms with van der Waals surface area (Å²) in [6.07, 6.45) is 6.13. The van der Waals surface area contributed by atoms with Gasteiger partial charge < -0.3 is 10.3 Å². The van der Waals surface area contributed by atoms with Crippen molar-refractivity contribution in [2.24, 2.45) is 5.92 Å². The minimum Gasteiger partial charge on any atom is -0.356 e. The molecule has 18 heavy (non-hydrogen) atoms. The summed E-state index contributed by atoms with van der Waals surface area (Å²) in [6.45, 7) is 4.96. The number of aromatic nitrogens is 2. The van der Waals surface area contributed by atoms with Crippen LogP contribution in [0.15, 0.2) is 0 Å². The van der Waals surface area contributed by atoms with Gasteiger partial charge in [-0.1, -0.05) is 19.8 Å². The van der Waals surface area contributed by atoms with Gasteiger partial charge in [0.1, 0.15) is 5.82 Å². The lowest BCUT2D eigenvalue weighted by Gasteiger charge is -2.20. The van der Waals surface area contributed by atoms with Crippen LogP contribution in [0.3, 0.4) is 0 Å². The van der Waals surface area contributed by atoms with Crippen LogP contribution in [0, 0.1) is 12.8 Å². The second kappa shape index (κ2) is 6.03. The van der Waals surface area contributed by atoms with Crippen molar-refractivity contribution >= 4 is 5.91 Å². The normalized spacial score (nSPS) is 18.4. The smallest absolute Gasteiger partial charge is 0.223 e. The Balaban J connectivity index is 1.82. The lowest BCUT2D eigenvalue weighted by molar-refractivity contribution is -0.125. The minimum atomic E-state index is 0.124. The van der Waals surface area contributed by atoms with Crippen molar-refractivity contribution in [3.05, 3.63) is 17.2 Å². The van der Waals surface area contributed by atoms with E-state index in [4.69, 9.17) is 0 Å². The largest absolute Gasteiger partial charge is 0.356 e. The molecule has 0 aliphatic heterocycles. The molecule has 0 bridgehead atoms. The molecule has 4 nitrogen and oxygen atoms in total. The van der Waals surface area contributed by atoms with Crippen LogP contribution in [0.25, 0.3) is 0 Å². The lowest BCUT2D eigenvalue weighted by atomic mass is 9.89. The van der Waals surface area contributed by atoms with Crippen LogP contribution in [0.1, 0.15) is 49.8 Å². The molecule has 0 spiro atoms. The number of imidazole rings is 1. The second-order valence-corrected chi connectivity index (χ2v) is 5.19.